The lowest BCUT2D eigenvalue weighted by Crippen LogP contribution is -2.50. The van der Waals surface area contributed by atoms with Crippen LogP contribution >= 0.6 is 0 Å². The molecule has 3 heterocycles. The van der Waals surface area contributed by atoms with Gasteiger partial charge < -0.3 is 19.9 Å². The molecule has 3 rings (SSSR count). The van der Waals surface area contributed by atoms with Gasteiger partial charge in [0.15, 0.2) is 0 Å². The van der Waals surface area contributed by atoms with E-state index in [2.05, 4.69) is 10.3 Å². The number of sulfonamides is 1. The van der Waals surface area contributed by atoms with Gasteiger partial charge in [0.25, 0.3) is 5.56 Å². The zero-order chi connectivity index (χ0) is 19.6. The highest BCUT2D eigenvalue weighted by atomic mass is 32.2. The first-order valence-corrected chi connectivity index (χ1v) is 10.7. The highest BCUT2D eigenvalue weighted by molar-refractivity contribution is 7.89. The monoisotopic (exact) mass is 398 g/mol. The Bertz CT molecular complexity index is 843. The van der Waals surface area contributed by atoms with E-state index in [1.54, 1.807) is 6.20 Å². The number of nitrogens with one attached hydrogen (secondary N) is 2. The summed E-state index contributed by atoms with van der Waals surface area (Å²) in [7, 11) is -3.47. The second kappa shape index (κ2) is 7.99. The Labute approximate surface area is 158 Å². The Hall–Kier alpha value is -1.91. The van der Waals surface area contributed by atoms with E-state index in [1.165, 1.54) is 9.21 Å². The number of rotatable bonds is 4. The number of aromatic nitrogens is 1. The lowest BCUT2D eigenvalue weighted by molar-refractivity contribution is -0.0440. The molecule has 2 aliphatic heterocycles. The number of hydrogen-bond donors (Lipinski definition) is 2. The molecule has 0 spiro atoms. The topological polar surface area (TPSA) is 112 Å². The number of morpholine rings is 1. The average molecular weight is 398 g/mol. The summed E-state index contributed by atoms with van der Waals surface area (Å²) in [6.07, 6.45) is 1.91. The normalized spacial score (nSPS) is 23.7. The Balaban J connectivity index is 1.52. The van der Waals surface area contributed by atoms with Crippen molar-refractivity contribution < 1.29 is 17.9 Å². The molecule has 0 aromatic carbocycles. The third-order valence-corrected chi connectivity index (χ3v) is 6.67. The van der Waals surface area contributed by atoms with Gasteiger partial charge in [-0.25, -0.2) is 13.2 Å². The van der Waals surface area contributed by atoms with E-state index in [1.807, 2.05) is 19.9 Å². The fraction of sp³-hybridized carbons (Fsp3) is 0.647. The Morgan fingerprint density at radius 1 is 1.33 bits per heavy atom. The molecule has 9 nitrogen and oxygen atoms in total. The number of carbonyl (C=O) groups excluding carboxylic acids is 1. The van der Waals surface area contributed by atoms with Crippen LogP contribution in [0.15, 0.2) is 17.1 Å². The number of hydrogen-bond acceptors (Lipinski definition) is 5. The van der Waals surface area contributed by atoms with Crippen molar-refractivity contribution >= 4 is 16.1 Å². The largest absolute Gasteiger partial charge is 0.373 e. The molecule has 2 aliphatic rings. The zero-order valence-corrected chi connectivity index (χ0v) is 16.4. The zero-order valence-electron chi connectivity index (χ0n) is 15.6. The Morgan fingerprint density at radius 2 is 2.04 bits per heavy atom. The summed E-state index contributed by atoms with van der Waals surface area (Å²) in [6, 6.07) is 1.49. The lowest BCUT2D eigenvalue weighted by Gasteiger charge is -2.34. The van der Waals surface area contributed by atoms with Crippen LogP contribution in [0.2, 0.25) is 0 Å². The summed E-state index contributed by atoms with van der Waals surface area (Å²) in [6.45, 7) is 5.08. The molecule has 1 fully saturated rings. The van der Waals surface area contributed by atoms with Crippen LogP contribution in [0.4, 0.5) is 4.79 Å². The highest BCUT2D eigenvalue weighted by Crippen LogP contribution is 2.16. The number of ether oxygens (including phenoxy) is 1. The predicted molar refractivity (Wildman–Crippen MR) is 99.9 cm³/mol. The number of aromatic amines is 1. The van der Waals surface area contributed by atoms with E-state index in [0.29, 0.717) is 31.6 Å². The molecular weight excluding hydrogens is 372 g/mol. The number of pyridine rings is 1. The van der Waals surface area contributed by atoms with Crippen molar-refractivity contribution in [3.63, 3.8) is 0 Å². The van der Waals surface area contributed by atoms with Crippen molar-refractivity contribution in [1.82, 2.24) is 19.5 Å². The summed E-state index contributed by atoms with van der Waals surface area (Å²) >= 11 is 0. The first-order chi connectivity index (χ1) is 12.8. The summed E-state index contributed by atoms with van der Waals surface area (Å²) < 4.78 is 32.0. The number of nitrogens with zero attached hydrogens (tertiary/aromatic N) is 2. The highest BCUT2D eigenvalue weighted by Gasteiger charge is 2.31. The van der Waals surface area contributed by atoms with Crippen molar-refractivity contribution in [3.05, 3.63) is 33.7 Å². The standard InChI is InChI=1S/C17H26N4O5S/c1-12-9-21(10-13(2)26-12)27(24,25)8-6-19-17(23)20-7-4-14-3-5-18-16(22)15(14)11-20/h3,5,12-13H,4,6-11H2,1-2H3,(H,18,22)(H,19,23). The second-order valence-electron chi connectivity index (χ2n) is 7.10. The minimum Gasteiger partial charge on any atom is -0.373 e. The molecule has 150 valence electrons. The van der Waals surface area contributed by atoms with Crippen LogP contribution in [0.1, 0.15) is 25.0 Å². The molecule has 0 saturated carbocycles. The van der Waals surface area contributed by atoms with Crippen LogP contribution < -0.4 is 10.9 Å². The van der Waals surface area contributed by atoms with Crippen LogP contribution in [0, 0.1) is 0 Å². The van der Waals surface area contributed by atoms with Crippen molar-refractivity contribution in [3.8, 4) is 0 Å². The number of amides is 2. The van der Waals surface area contributed by atoms with Crippen molar-refractivity contribution in [2.45, 2.75) is 39.0 Å². The van der Waals surface area contributed by atoms with E-state index >= 15 is 0 Å². The van der Waals surface area contributed by atoms with Gasteiger partial charge >= 0.3 is 6.03 Å². The fourth-order valence-electron chi connectivity index (χ4n) is 3.54. The first-order valence-electron chi connectivity index (χ1n) is 9.12. The van der Waals surface area contributed by atoms with Gasteiger partial charge in [-0.3, -0.25) is 4.79 Å². The van der Waals surface area contributed by atoms with E-state index in [0.717, 1.165) is 5.56 Å². The molecule has 1 aromatic heterocycles. The Kier molecular flexibility index (Phi) is 5.87. The summed E-state index contributed by atoms with van der Waals surface area (Å²) in [5, 5.41) is 2.66. The van der Waals surface area contributed by atoms with Crippen LogP contribution in [-0.4, -0.2) is 72.8 Å². The maximum atomic E-state index is 12.5. The molecule has 27 heavy (non-hydrogen) atoms. The molecule has 0 radical (unpaired) electrons. The van der Waals surface area contributed by atoms with Crippen LogP contribution in [-0.2, 0) is 27.7 Å². The van der Waals surface area contributed by atoms with Gasteiger partial charge in [0.2, 0.25) is 10.0 Å². The second-order valence-corrected chi connectivity index (χ2v) is 9.19. The van der Waals surface area contributed by atoms with Crippen molar-refractivity contribution in [2.75, 3.05) is 31.9 Å². The molecule has 1 aromatic rings. The fourth-order valence-corrected chi connectivity index (χ4v) is 5.04. The summed E-state index contributed by atoms with van der Waals surface area (Å²) in [4.78, 5) is 28.4. The first kappa shape index (κ1) is 19.8. The number of urea groups is 1. The smallest absolute Gasteiger partial charge is 0.317 e. The van der Waals surface area contributed by atoms with E-state index in [-0.39, 0.29) is 42.6 Å². The van der Waals surface area contributed by atoms with E-state index in [9.17, 15) is 18.0 Å². The van der Waals surface area contributed by atoms with Crippen LogP contribution in [0.3, 0.4) is 0 Å². The summed E-state index contributed by atoms with van der Waals surface area (Å²) in [5.41, 5.74) is 1.34. The molecule has 0 bridgehead atoms. The third-order valence-electron chi connectivity index (χ3n) is 4.86. The maximum Gasteiger partial charge on any atom is 0.317 e. The van der Waals surface area contributed by atoms with Crippen LogP contribution in [0.25, 0.3) is 0 Å². The predicted octanol–water partition coefficient (Wildman–Crippen LogP) is -0.118. The number of H-pyrrole nitrogens is 1. The maximum absolute atomic E-state index is 12.5. The van der Waals surface area contributed by atoms with Gasteiger partial charge in [0.05, 0.1) is 24.5 Å². The lowest BCUT2D eigenvalue weighted by atomic mass is 10.0. The minimum atomic E-state index is -3.47. The molecular formula is C17H26N4O5S. The van der Waals surface area contributed by atoms with Crippen molar-refractivity contribution in [2.24, 2.45) is 0 Å². The van der Waals surface area contributed by atoms with Crippen LogP contribution in [0.5, 0.6) is 0 Å². The van der Waals surface area contributed by atoms with Gasteiger partial charge in [-0.2, -0.15) is 4.31 Å². The summed E-state index contributed by atoms with van der Waals surface area (Å²) in [5.74, 6) is -0.164. The third kappa shape index (κ3) is 4.69. The molecule has 10 heteroatoms. The molecule has 2 amide bonds. The van der Waals surface area contributed by atoms with Gasteiger partial charge in [-0.1, -0.05) is 0 Å². The SMILES string of the molecule is CC1CN(S(=O)(=O)CCNC(=O)N2CCc3cc[nH]c(=O)c3C2)CC(C)O1. The molecule has 2 atom stereocenters. The molecule has 2 unspecified atom stereocenters. The quantitative estimate of drug-likeness (QED) is 0.735. The molecule has 2 N–H and O–H groups in total. The minimum absolute atomic E-state index is 0.0236. The molecule has 0 aliphatic carbocycles. The Morgan fingerprint density at radius 3 is 2.74 bits per heavy atom. The molecule has 1 saturated heterocycles. The van der Waals surface area contributed by atoms with E-state index < -0.39 is 10.0 Å². The van der Waals surface area contributed by atoms with E-state index in [4.69, 9.17) is 4.74 Å². The van der Waals surface area contributed by atoms with Crippen molar-refractivity contribution in [1.29, 1.82) is 0 Å². The number of fused-ring (bicyclic) bond motifs is 1. The van der Waals surface area contributed by atoms with Gasteiger partial charge in [0.1, 0.15) is 0 Å². The average Bonchev–Trinajstić information content (AvgIpc) is 2.61. The number of carbonyl (C=O) groups is 1. The van der Waals surface area contributed by atoms with Gasteiger partial charge in [0, 0.05) is 37.9 Å². The van der Waals surface area contributed by atoms with Gasteiger partial charge in [-0.15, -0.1) is 0 Å². The van der Waals surface area contributed by atoms with Gasteiger partial charge in [-0.05, 0) is 31.9 Å².